The van der Waals surface area contributed by atoms with Gasteiger partial charge in [-0.1, -0.05) is 72.8 Å². The van der Waals surface area contributed by atoms with E-state index in [9.17, 15) is 0 Å². The fourth-order valence-electron chi connectivity index (χ4n) is 15.1. The quantitative estimate of drug-likeness (QED) is 0.0376. The van der Waals surface area contributed by atoms with Crippen LogP contribution in [0.2, 0.25) is 26.2 Å². The van der Waals surface area contributed by atoms with Crippen molar-refractivity contribution in [2.45, 2.75) is 26.2 Å². The van der Waals surface area contributed by atoms with Gasteiger partial charge < -0.3 is 0 Å². The number of benzene rings is 10. The summed E-state index contributed by atoms with van der Waals surface area (Å²) in [5, 5.41) is -2.51. The van der Waals surface area contributed by atoms with Gasteiger partial charge in [0.05, 0.1) is 44.7 Å². The third kappa shape index (κ3) is 10.1. The molecule has 0 aromatic heterocycles. The first-order valence-corrected chi connectivity index (χ1v) is 40.8. The molecular formula is C68H34B2F30P2Si2. The molecule has 10 aromatic carbocycles. The van der Waals surface area contributed by atoms with Gasteiger partial charge in [-0.05, 0) is 74.7 Å². The summed E-state index contributed by atoms with van der Waals surface area (Å²) in [7, 11) is -12.3. The van der Waals surface area contributed by atoms with E-state index in [2.05, 4.69) is 0 Å². The summed E-state index contributed by atoms with van der Waals surface area (Å²) in [5.41, 5.74) is -19.3. The molecule has 0 saturated carbocycles. The van der Waals surface area contributed by atoms with E-state index >= 15 is 132 Å². The zero-order valence-corrected chi connectivity index (χ0v) is 55.9. The molecule has 1 aliphatic rings. The van der Waals surface area contributed by atoms with Crippen LogP contribution in [0, 0.1) is 175 Å². The highest BCUT2D eigenvalue weighted by Gasteiger charge is 2.82. The van der Waals surface area contributed by atoms with Crippen molar-refractivity contribution in [2.24, 2.45) is 0 Å². The first kappa shape index (κ1) is 76.1. The molecule has 1 aliphatic heterocycles. The van der Waals surface area contributed by atoms with Gasteiger partial charge in [0.2, 0.25) is 0 Å². The molecule has 0 N–H and O–H groups in total. The molecular weight excluding hydrogens is 1530 g/mol. The van der Waals surface area contributed by atoms with Crippen molar-refractivity contribution in [3.8, 4) is 0 Å². The number of halogens is 30. The second-order valence-corrected chi connectivity index (χ2v) is 49.3. The molecule has 0 bridgehead atoms. The molecule has 10 aromatic rings. The van der Waals surface area contributed by atoms with Crippen LogP contribution in [0.25, 0.3) is 0 Å². The molecule has 1 heterocycles. The molecule has 104 heavy (non-hydrogen) atoms. The second kappa shape index (κ2) is 26.5. The lowest BCUT2D eigenvalue weighted by molar-refractivity contribution is 0.379. The molecule has 11 rings (SSSR count). The Kier molecular flexibility index (Phi) is 19.4. The maximum Gasteiger partial charge on any atom is 0.301 e. The van der Waals surface area contributed by atoms with E-state index in [0.29, 0.717) is 0 Å². The number of rotatable bonds is 12. The zero-order chi connectivity index (χ0) is 76.8. The van der Waals surface area contributed by atoms with Crippen LogP contribution >= 0.6 is 13.6 Å². The lowest BCUT2D eigenvalue weighted by Crippen LogP contribution is -2.74. The molecule has 1 saturated heterocycles. The molecule has 0 atom stereocenters. The van der Waals surface area contributed by atoms with Crippen LogP contribution in [-0.4, -0.2) is 27.8 Å². The lowest BCUT2D eigenvalue weighted by atomic mass is 9.15. The summed E-state index contributed by atoms with van der Waals surface area (Å²) in [4.78, 5) is -2.37. The minimum absolute atomic E-state index is 0.308. The van der Waals surface area contributed by atoms with Gasteiger partial charge in [0, 0.05) is 0 Å². The highest BCUT2D eigenvalue weighted by Crippen LogP contribution is 2.90. The van der Waals surface area contributed by atoms with Crippen LogP contribution in [0.1, 0.15) is 0 Å². The van der Waals surface area contributed by atoms with E-state index in [4.69, 9.17) is 0 Å². The van der Waals surface area contributed by atoms with Crippen LogP contribution < -0.4 is 54.0 Å². The van der Waals surface area contributed by atoms with E-state index in [1.807, 2.05) is 0 Å². The monoisotopic (exact) mass is 1560 g/mol. The fourth-order valence-corrected chi connectivity index (χ4v) is 67.4. The molecule has 0 radical (unpaired) electrons. The smallest absolute Gasteiger partial charge is 0.207 e. The molecule has 0 unspecified atom stereocenters. The molecule has 540 valence electrons. The highest BCUT2D eigenvalue weighted by atomic mass is 31.5. The van der Waals surface area contributed by atoms with E-state index in [1.165, 1.54) is 0 Å². The Morgan fingerprint density at radius 1 is 0.192 bits per heavy atom. The van der Waals surface area contributed by atoms with Crippen molar-refractivity contribution in [2.75, 3.05) is 0 Å². The Balaban J connectivity index is 1.64. The Morgan fingerprint density at radius 3 is 0.433 bits per heavy atom. The summed E-state index contributed by atoms with van der Waals surface area (Å²) >= 11 is 0. The van der Waals surface area contributed by atoms with Crippen molar-refractivity contribution in [1.82, 2.24) is 0 Å². The second-order valence-electron chi connectivity index (χ2n) is 24.7. The van der Waals surface area contributed by atoms with E-state index in [0.717, 1.165) is 148 Å². The van der Waals surface area contributed by atoms with Gasteiger partial charge in [0.25, 0.3) is 0 Å². The van der Waals surface area contributed by atoms with Gasteiger partial charge in [-0.2, -0.15) is 12.0 Å². The summed E-state index contributed by atoms with van der Waals surface area (Å²) in [5.74, 6) is -105. The Labute approximate surface area is 568 Å². The van der Waals surface area contributed by atoms with Gasteiger partial charge >= 0.3 is 15.5 Å². The molecule has 0 aliphatic carbocycles. The summed E-state index contributed by atoms with van der Waals surface area (Å²) < 4.78 is 511. The maximum atomic E-state index is 18.0. The summed E-state index contributed by atoms with van der Waals surface area (Å²) in [6, 6.07) is 19.7. The van der Waals surface area contributed by atoms with Crippen molar-refractivity contribution in [1.29, 1.82) is 0 Å². The van der Waals surface area contributed by atoms with Gasteiger partial charge in [-0.25, -0.2) is 132 Å². The average molecular weight is 1560 g/mol. The Bertz CT molecular complexity index is 4440. The minimum atomic E-state index is -6.97. The third-order valence-electron chi connectivity index (χ3n) is 19.2. The van der Waals surface area contributed by atoms with E-state index in [-0.39, 0.29) is 12.0 Å². The minimum Gasteiger partial charge on any atom is -0.207 e. The third-order valence-corrected chi connectivity index (χ3v) is 55.3. The highest BCUT2D eigenvalue weighted by molar-refractivity contribution is 8.36. The van der Waals surface area contributed by atoms with Crippen LogP contribution in [-0.2, 0) is 0 Å². The maximum absolute atomic E-state index is 18.0. The summed E-state index contributed by atoms with van der Waals surface area (Å²) in [6.45, 7) is -8.10. The van der Waals surface area contributed by atoms with Crippen molar-refractivity contribution in [3.63, 3.8) is 0 Å². The normalized spacial score (nSPS) is 15.8. The summed E-state index contributed by atoms with van der Waals surface area (Å²) in [6.07, 6.45) is -13.9. The SMILES string of the molecule is C[Si]1(C)/C(=C\[B-](c2c(F)c(F)c(F)c(F)c2F)(c2c(F)c(F)c(F)c(F)c2F)c2c(F)c(F)c(F)c(F)c2F)[P+](c2ccccc2)(c2ccccc2)[Si](C)(C)/C(=C\[B-](c2c(F)c(F)c(F)c(F)c2F)(c2c(F)c(F)c(F)c(F)c2F)c2c(F)c(F)c(F)c(F)c2F)[P+]1(c1ccccc1)c1ccccc1. The Morgan fingerprint density at radius 2 is 0.308 bits per heavy atom. The first-order valence-electron chi connectivity index (χ1n) is 29.6. The van der Waals surface area contributed by atoms with Crippen LogP contribution in [0.3, 0.4) is 0 Å². The molecule has 0 spiro atoms. The van der Waals surface area contributed by atoms with Crippen molar-refractivity contribution >= 4 is 95.4 Å². The predicted molar refractivity (Wildman–Crippen MR) is 336 cm³/mol. The fraction of sp³-hybridized carbons (Fsp3) is 0.0588. The number of hydrogen-bond acceptors (Lipinski definition) is 0. The number of hydrogen-bond donors (Lipinski definition) is 0. The van der Waals surface area contributed by atoms with Gasteiger partial charge in [-0.15, -0.1) is 32.8 Å². The van der Waals surface area contributed by atoms with Crippen LogP contribution in [0.15, 0.2) is 143 Å². The topological polar surface area (TPSA) is 0 Å². The first-order chi connectivity index (χ1) is 48.7. The molecule has 0 amide bonds. The van der Waals surface area contributed by atoms with Crippen molar-refractivity contribution in [3.05, 3.63) is 318 Å². The van der Waals surface area contributed by atoms with E-state index < -0.39 is 280 Å². The molecule has 36 heteroatoms. The zero-order valence-electron chi connectivity index (χ0n) is 52.1. The van der Waals surface area contributed by atoms with E-state index in [1.54, 1.807) is 0 Å². The molecule has 0 nitrogen and oxygen atoms in total. The van der Waals surface area contributed by atoms with Crippen molar-refractivity contribution < 1.29 is 132 Å². The van der Waals surface area contributed by atoms with Gasteiger partial charge in [0.15, 0.2) is 105 Å². The van der Waals surface area contributed by atoms with Gasteiger partial charge in [0.1, 0.15) is 82.1 Å². The van der Waals surface area contributed by atoms with Crippen LogP contribution in [0.4, 0.5) is 132 Å². The Hall–Kier alpha value is -9.00. The standard InChI is InChI=1S/C68H34B2F30P2Si2/c1-103(2)31(25-69(33-39(71)51(83)63(95)52(84)40(33)72,34-41(73)53(85)64(96)54(86)42(34)74)35-43(75)55(87)65(97)56(88)44(35)76)102(29-21-13-7-14-22-29,30-23-15-8-16-24-30)104(3,4)32(101(103,27-17-9-5-10-18-27)28-19-11-6-12-20-28)26-70(36-45(77)57(89)66(98)58(90)46(36)78,37-47(79)59(91)67(99)60(92)48(37)80)38-49(81)61(93)68(100)62(94)50(38)82/h5-26H,1-4H3/b31-25-,32-26-. The van der Waals surface area contributed by atoms with Gasteiger partial charge in [-0.3, -0.25) is 0 Å². The lowest BCUT2D eigenvalue weighted by Gasteiger charge is -2.58. The van der Waals surface area contributed by atoms with Crippen LogP contribution in [0.5, 0.6) is 0 Å². The molecule has 1 fully saturated rings. The largest absolute Gasteiger partial charge is 0.301 e. The average Bonchev–Trinajstić information content (AvgIpc) is 0.647. The predicted octanol–water partition coefficient (Wildman–Crippen LogP) is 16.2.